The predicted octanol–water partition coefficient (Wildman–Crippen LogP) is 3.38. The van der Waals surface area contributed by atoms with E-state index in [0.29, 0.717) is 13.0 Å². The van der Waals surface area contributed by atoms with Crippen molar-refractivity contribution in [3.8, 4) is 0 Å². The summed E-state index contributed by atoms with van der Waals surface area (Å²) in [5.41, 5.74) is 1.01. The van der Waals surface area contributed by atoms with E-state index in [1.807, 2.05) is 20.8 Å². The highest BCUT2D eigenvalue weighted by Crippen LogP contribution is 2.24. The lowest BCUT2D eigenvalue weighted by molar-refractivity contribution is -0.173. The maximum absolute atomic E-state index is 11.8. The van der Waals surface area contributed by atoms with Crippen molar-refractivity contribution in [2.45, 2.75) is 39.4 Å². The van der Waals surface area contributed by atoms with Crippen molar-refractivity contribution in [1.82, 2.24) is 10.3 Å². The molecule has 1 atom stereocenters. The second-order valence-electron chi connectivity index (χ2n) is 4.38. The van der Waals surface area contributed by atoms with Gasteiger partial charge in [-0.25, -0.2) is 4.98 Å². The van der Waals surface area contributed by atoms with E-state index in [4.69, 9.17) is 0 Å². The molecule has 1 rings (SSSR count). The minimum absolute atomic E-state index is 0.111. The number of nitrogens with one attached hydrogen (secondary N) is 1. The van der Waals surface area contributed by atoms with Crippen LogP contribution in [-0.2, 0) is 4.74 Å². The molecule has 0 fully saturated rings. The van der Waals surface area contributed by atoms with Gasteiger partial charge in [-0.2, -0.15) is 13.2 Å². The molecule has 0 aliphatic heterocycles. The molecule has 0 aliphatic carbocycles. The second-order valence-corrected chi connectivity index (χ2v) is 5.61. The van der Waals surface area contributed by atoms with Gasteiger partial charge >= 0.3 is 6.18 Å². The van der Waals surface area contributed by atoms with Crippen molar-refractivity contribution >= 4 is 11.3 Å². The summed E-state index contributed by atoms with van der Waals surface area (Å²) in [6.45, 7) is 5.50. The lowest BCUT2D eigenvalue weighted by atomic mass is 10.2. The van der Waals surface area contributed by atoms with Gasteiger partial charge in [-0.3, -0.25) is 0 Å². The fraction of sp³-hybridized carbons (Fsp3) is 0.750. The maximum Gasteiger partial charge on any atom is 0.411 e. The molecule has 3 nitrogen and oxygen atoms in total. The molecule has 0 spiro atoms. The second kappa shape index (κ2) is 7.21. The van der Waals surface area contributed by atoms with Crippen LogP contribution in [0.1, 0.15) is 35.0 Å². The van der Waals surface area contributed by atoms with Crippen LogP contribution in [-0.4, -0.2) is 30.9 Å². The topological polar surface area (TPSA) is 34.2 Å². The van der Waals surface area contributed by atoms with E-state index in [1.54, 1.807) is 11.3 Å². The van der Waals surface area contributed by atoms with Crippen molar-refractivity contribution in [2.75, 3.05) is 19.8 Å². The van der Waals surface area contributed by atoms with Crippen molar-refractivity contribution in [3.63, 3.8) is 0 Å². The Labute approximate surface area is 115 Å². The Morgan fingerprint density at radius 2 is 2.05 bits per heavy atom. The van der Waals surface area contributed by atoms with Gasteiger partial charge < -0.3 is 10.1 Å². The van der Waals surface area contributed by atoms with Crippen LogP contribution < -0.4 is 5.32 Å². The molecule has 19 heavy (non-hydrogen) atoms. The van der Waals surface area contributed by atoms with E-state index in [1.165, 1.54) is 4.88 Å². The Morgan fingerprint density at radius 1 is 1.37 bits per heavy atom. The van der Waals surface area contributed by atoms with Gasteiger partial charge in [-0.1, -0.05) is 0 Å². The van der Waals surface area contributed by atoms with Crippen LogP contribution in [0, 0.1) is 13.8 Å². The predicted molar refractivity (Wildman–Crippen MR) is 69.5 cm³/mol. The van der Waals surface area contributed by atoms with Gasteiger partial charge in [0, 0.05) is 17.5 Å². The van der Waals surface area contributed by atoms with E-state index in [-0.39, 0.29) is 12.6 Å². The molecule has 1 N–H and O–H groups in total. The van der Waals surface area contributed by atoms with Crippen LogP contribution in [0.15, 0.2) is 0 Å². The Hall–Kier alpha value is -0.660. The first-order chi connectivity index (χ1) is 8.79. The fourth-order valence-electron chi connectivity index (χ4n) is 1.72. The number of hydrogen-bond acceptors (Lipinski definition) is 4. The number of hydrogen-bond donors (Lipinski definition) is 1. The average Bonchev–Trinajstić information content (AvgIpc) is 2.61. The molecule has 1 unspecified atom stereocenters. The molecular formula is C12H19F3N2OS. The molecule has 7 heteroatoms. The zero-order valence-electron chi connectivity index (χ0n) is 11.3. The van der Waals surface area contributed by atoms with Crippen LogP contribution >= 0.6 is 11.3 Å². The third kappa shape index (κ3) is 6.35. The normalized spacial score (nSPS) is 13.8. The highest BCUT2D eigenvalue weighted by atomic mass is 32.1. The van der Waals surface area contributed by atoms with Gasteiger partial charge in [-0.05, 0) is 33.7 Å². The molecule has 0 aliphatic rings. The van der Waals surface area contributed by atoms with E-state index < -0.39 is 12.8 Å². The monoisotopic (exact) mass is 296 g/mol. The quantitative estimate of drug-likeness (QED) is 0.783. The Balaban J connectivity index is 2.18. The molecular weight excluding hydrogens is 277 g/mol. The van der Waals surface area contributed by atoms with Crippen molar-refractivity contribution in [2.24, 2.45) is 0 Å². The smallest absolute Gasteiger partial charge is 0.372 e. The molecule has 110 valence electrons. The number of nitrogens with zero attached hydrogens (tertiary/aromatic N) is 1. The number of aryl methyl sites for hydroxylation is 2. The summed E-state index contributed by atoms with van der Waals surface area (Å²) in [5.74, 6) is 0. The average molecular weight is 296 g/mol. The molecule has 0 radical (unpaired) electrons. The first kappa shape index (κ1) is 16.4. The number of aromatic nitrogens is 1. The molecule has 0 aromatic carbocycles. The molecule has 0 bridgehead atoms. The first-order valence-electron chi connectivity index (χ1n) is 6.11. The van der Waals surface area contributed by atoms with E-state index in [2.05, 4.69) is 15.0 Å². The van der Waals surface area contributed by atoms with Gasteiger partial charge in [-0.15, -0.1) is 11.3 Å². The number of thiazole rings is 1. The number of rotatable bonds is 7. The maximum atomic E-state index is 11.8. The fourth-order valence-corrected chi connectivity index (χ4v) is 2.68. The molecule has 0 amide bonds. The molecule has 1 aromatic rings. The molecule has 0 saturated carbocycles. The SMILES string of the molecule is Cc1nc(C)c(C(C)NCCCOCC(F)(F)F)s1. The Bertz CT molecular complexity index is 393. The van der Waals surface area contributed by atoms with Crippen molar-refractivity contribution in [1.29, 1.82) is 0 Å². The summed E-state index contributed by atoms with van der Waals surface area (Å²) in [6, 6.07) is 0.161. The van der Waals surface area contributed by atoms with Crippen LogP contribution in [0.4, 0.5) is 13.2 Å². The minimum Gasteiger partial charge on any atom is -0.372 e. The largest absolute Gasteiger partial charge is 0.411 e. The summed E-state index contributed by atoms with van der Waals surface area (Å²) in [5, 5.41) is 4.28. The van der Waals surface area contributed by atoms with Crippen molar-refractivity contribution < 1.29 is 17.9 Å². The highest BCUT2D eigenvalue weighted by molar-refractivity contribution is 7.11. The Morgan fingerprint density at radius 3 is 2.58 bits per heavy atom. The minimum atomic E-state index is -4.24. The summed E-state index contributed by atoms with van der Waals surface area (Å²) in [7, 11) is 0. The van der Waals surface area contributed by atoms with E-state index >= 15 is 0 Å². The number of alkyl halides is 3. The van der Waals surface area contributed by atoms with Gasteiger partial charge in [0.2, 0.25) is 0 Å². The standard InChI is InChI=1S/C12H19F3N2OS/c1-8(11-9(2)17-10(3)19-11)16-5-4-6-18-7-12(13,14)15/h8,16H,4-7H2,1-3H3. The van der Waals surface area contributed by atoms with Gasteiger partial charge in [0.05, 0.1) is 10.7 Å². The Kier molecular flexibility index (Phi) is 6.22. The van der Waals surface area contributed by atoms with Crippen LogP contribution in [0.5, 0.6) is 0 Å². The van der Waals surface area contributed by atoms with Crippen LogP contribution in [0.3, 0.4) is 0 Å². The summed E-state index contributed by atoms with van der Waals surface area (Å²) in [6.07, 6.45) is -3.69. The summed E-state index contributed by atoms with van der Waals surface area (Å²) < 4.78 is 40.0. The number of halogens is 3. The van der Waals surface area contributed by atoms with E-state index in [9.17, 15) is 13.2 Å². The van der Waals surface area contributed by atoms with Crippen LogP contribution in [0.2, 0.25) is 0 Å². The zero-order chi connectivity index (χ0) is 14.5. The molecule has 1 heterocycles. The summed E-state index contributed by atoms with van der Waals surface area (Å²) in [4.78, 5) is 5.52. The summed E-state index contributed by atoms with van der Waals surface area (Å²) >= 11 is 1.64. The number of ether oxygens (including phenoxy) is 1. The molecule has 0 saturated heterocycles. The lowest BCUT2D eigenvalue weighted by Gasteiger charge is -2.13. The zero-order valence-corrected chi connectivity index (χ0v) is 12.1. The highest BCUT2D eigenvalue weighted by Gasteiger charge is 2.27. The van der Waals surface area contributed by atoms with E-state index in [0.717, 1.165) is 10.7 Å². The third-order valence-electron chi connectivity index (χ3n) is 2.51. The van der Waals surface area contributed by atoms with Gasteiger partial charge in [0.1, 0.15) is 6.61 Å². The van der Waals surface area contributed by atoms with Gasteiger partial charge in [0.15, 0.2) is 0 Å². The third-order valence-corrected chi connectivity index (χ3v) is 3.77. The first-order valence-corrected chi connectivity index (χ1v) is 6.93. The lowest BCUT2D eigenvalue weighted by Crippen LogP contribution is -2.22. The van der Waals surface area contributed by atoms with Gasteiger partial charge in [0.25, 0.3) is 0 Å². The molecule has 1 aromatic heterocycles. The van der Waals surface area contributed by atoms with Crippen LogP contribution in [0.25, 0.3) is 0 Å². The van der Waals surface area contributed by atoms with Crippen molar-refractivity contribution in [3.05, 3.63) is 15.6 Å².